The van der Waals surface area contributed by atoms with Crippen LogP contribution < -0.4 is 0 Å². The van der Waals surface area contributed by atoms with E-state index in [1.54, 1.807) is 13.3 Å². The third kappa shape index (κ3) is 3.28. The van der Waals surface area contributed by atoms with Gasteiger partial charge in [-0.3, -0.25) is 5.10 Å². The van der Waals surface area contributed by atoms with Crippen LogP contribution >= 0.6 is 0 Å². The third-order valence-electron chi connectivity index (χ3n) is 6.66. The second kappa shape index (κ2) is 7.57. The lowest BCUT2D eigenvalue weighted by atomic mass is 9.66. The van der Waals surface area contributed by atoms with Crippen LogP contribution in [0.1, 0.15) is 43.9 Å². The molecule has 0 spiro atoms. The zero-order valence-corrected chi connectivity index (χ0v) is 18.9. The van der Waals surface area contributed by atoms with Crippen molar-refractivity contribution in [3.05, 3.63) is 53.4 Å². The van der Waals surface area contributed by atoms with E-state index in [0.717, 1.165) is 28.8 Å². The first-order valence-corrected chi connectivity index (χ1v) is 10.8. The van der Waals surface area contributed by atoms with Gasteiger partial charge in [-0.1, -0.05) is 13.8 Å². The van der Waals surface area contributed by atoms with Crippen molar-refractivity contribution < 1.29 is 28.5 Å². The average Bonchev–Trinajstić information content (AvgIpc) is 3.33. The molecule has 10 heteroatoms. The van der Waals surface area contributed by atoms with Gasteiger partial charge in [0.1, 0.15) is 0 Å². The molecule has 0 radical (unpaired) electrons. The Kier molecular flexibility index (Phi) is 4.99. The molecule has 4 aromatic rings. The zero-order valence-electron chi connectivity index (χ0n) is 18.9. The highest BCUT2D eigenvalue weighted by Gasteiger charge is 2.52. The summed E-state index contributed by atoms with van der Waals surface area (Å²) >= 11 is 0. The van der Waals surface area contributed by atoms with E-state index in [1.165, 1.54) is 6.07 Å². The molecule has 1 fully saturated rings. The number of pyridine rings is 1. The fraction of sp³-hybridized carbons (Fsp3) is 0.375. The number of carbonyl (C=O) groups is 1. The Morgan fingerprint density at radius 3 is 2.68 bits per heavy atom. The van der Waals surface area contributed by atoms with E-state index in [1.807, 2.05) is 24.5 Å². The number of halogens is 2. The van der Waals surface area contributed by atoms with E-state index in [0.29, 0.717) is 29.0 Å². The summed E-state index contributed by atoms with van der Waals surface area (Å²) in [7, 11) is 1.58. The predicted molar refractivity (Wildman–Crippen MR) is 120 cm³/mol. The molecule has 34 heavy (non-hydrogen) atoms. The van der Waals surface area contributed by atoms with Crippen molar-refractivity contribution in [3.8, 4) is 5.69 Å². The minimum atomic E-state index is -1.82. The highest BCUT2D eigenvalue weighted by molar-refractivity contribution is 5.94. The molecular weight excluding hydrogens is 446 g/mol. The van der Waals surface area contributed by atoms with Crippen LogP contribution in [0.5, 0.6) is 0 Å². The van der Waals surface area contributed by atoms with Crippen LogP contribution in [0.4, 0.5) is 8.78 Å². The Balaban J connectivity index is 1.86. The molecule has 3 aromatic heterocycles. The van der Waals surface area contributed by atoms with Gasteiger partial charge in [0.2, 0.25) is 0 Å². The van der Waals surface area contributed by atoms with Crippen LogP contribution in [0.15, 0.2) is 30.5 Å². The Labute approximate surface area is 193 Å². The number of nitrogens with one attached hydrogen (secondary N) is 1. The van der Waals surface area contributed by atoms with Crippen molar-refractivity contribution in [2.45, 2.75) is 43.6 Å². The summed E-state index contributed by atoms with van der Waals surface area (Å²) in [6.07, 6.45) is 1.65. The fourth-order valence-corrected chi connectivity index (χ4v) is 5.10. The number of rotatable bonds is 6. The van der Waals surface area contributed by atoms with Crippen LogP contribution in [0.3, 0.4) is 0 Å². The maximum absolute atomic E-state index is 14.3. The van der Waals surface area contributed by atoms with E-state index in [4.69, 9.17) is 9.72 Å². The maximum atomic E-state index is 14.3. The number of carboxylic acids is 1. The normalized spacial score (nSPS) is 20.7. The number of fused-ring (bicyclic) bond motifs is 2. The molecule has 0 amide bonds. The molecule has 0 saturated heterocycles. The van der Waals surface area contributed by atoms with Gasteiger partial charge in [-0.15, -0.1) is 0 Å². The number of nitrogens with zero attached hydrogens (tertiary/aromatic N) is 3. The van der Waals surface area contributed by atoms with Crippen molar-refractivity contribution in [1.29, 1.82) is 0 Å². The lowest BCUT2D eigenvalue weighted by Gasteiger charge is -2.41. The van der Waals surface area contributed by atoms with E-state index in [-0.39, 0.29) is 18.8 Å². The minimum absolute atomic E-state index is 0.0119. The van der Waals surface area contributed by atoms with E-state index < -0.39 is 28.6 Å². The molecule has 0 atom stereocenters. The molecule has 8 nitrogen and oxygen atoms in total. The number of hydrogen-bond donors (Lipinski definition) is 3. The quantitative estimate of drug-likeness (QED) is 0.395. The largest absolute Gasteiger partial charge is 0.479 e. The van der Waals surface area contributed by atoms with Gasteiger partial charge >= 0.3 is 5.97 Å². The van der Waals surface area contributed by atoms with E-state index >= 15 is 0 Å². The first-order valence-electron chi connectivity index (χ1n) is 10.8. The smallest absolute Gasteiger partial charge is 0.335 e. The van der Waals surface area contributed by atoms with Gasteiger partial charge < -0.3 is 19.5 Å². The van der Waals surface area contributed by atoms with Crippen LogP contribution in [-0.4, -0.2) is 55.2 Å². The number of methoxy groups -OCH3 is 1. The molecule has 3 N–H and O–H groups in total. The number of aromatic amines is 1. The van der Waals surface area contributed by atoms with E-state index in [2.05, 4.69) is 10.2 Å². The second-order valence-electron chi connectivity index (χ2n) is 9.62. The number of benzene rings is 1. The number of H-pyrrole nitrogens is 1. The molecule has 0 bridgehead atoms. The molecule has 3 heterocycles. The summed E-state index contributed by atoms with van der Waals surface area (Å²) in [6, 6.07) is 5.54. The van der Waals surface area contributed by atoms with Gasteiger partial charge in [0.25, 0.3) is 0 Å². The summed E-state index contributed by atoms with van der Waals surface area (Å²) in [6.45, 7) is 4.22. The van der Waals surface area contributed by atoms with Crippen molar-refractivity contribution in [1.82, 2.24) is 19.7 Å². The summed E-state index contributed by atoms with van der Waals surface area (Å²) < 4.78 is 35.4. The van der Waals surface area contributed by atoms with Crippen LogP contribution in [0.2, 0.25) is 0 Å². The van der Waals surface area contributed by atoms with Gasteiger partial charge in [-0.05, 0) is 37.0 Å². The van der Waals surface area contributed by atoms with Gasteiger partial charge in [-0.25, -0.2) is 18.6 Å². The van der Waals surface area contributed by atoms with Crippen molar-refractivity contribution >= 4 is 28.0 Å². The summed E-state index contributed by atoms with van der Waals surface area (Å²) in [4.78, 5) is 16.4. The third-order valence-corrected chi connectivity index (χ3v) is 6.66. The van der Waals surface area contributed by atoms with Crippen LogP contribution in [0.25, 0.3) is 27.8 Å². The SMILES string of the molecule is COCC(C)(C)c1c([C@H]2C[C@](O)(C(=O)O)C2)c2nc3[nH]ncc3cc2n1-c1ccc(F)c(F)c1. The summed E-state index contributed by atoms with van der Waals surface area (Å²) in [5, 5.41) is 27.5. The Morgan fingerprint density at radius 2 is 2.03 bits per heavy atom. The van der Waals surface area contributed by atoms with Crippen molar-refractivity contribution in [2.24, 2.45) is 0 Å². The number of ether oxygens (including phenoxy) is 1. The average molecular weight is 470 g/mol. The summed E-state index contributed by atoms with van der Waals surface area (Å²) in [5.41, 5.74) is 1.20. The molecule has 178 valence electrons. The number of aromatic nitrogens is 4. The first kappa shape index (κ1) is 22.4. The van der Waals surface area contributed by atoms with Gasteiger partial charge in [0.15, 0.2) is 22.9 Å². The van der Waals surface area contributed by atoms with Crippen molar-refractivity contribution in [2.75, 3.05) is 13.7 Å². The zero-order chi connectivity index (χ0) is 24.4. The fourth-order valence-electron chi connectivity index (χ4n) is 5.10. The van der Waals surface area contributed by atoms with E-state index in [9.17, 15) is 23.8 Å². The van der Waals surface area contributed by atoms with Crippen LogP contribution in [0, 0.1) is 11.6 Å². The second-order valence-corrected chi connectivity index (χ2v) is 9.62. The molecule has 1 aliphatic carbocycles. The number of carboxylic acid groups (broad SMARTS) is 1. The summed E-state index contributed by atoms with van der Waals surface area (Å²) in [5.74, 6) is -3.53. The first-order chi connectivity index (χ1) is 16.1. The number of aliphatic carboxylic acids is 1. The van der Waals surface area contributed by atoms with Gasteiger partial charge in [0.05, 0.1) is 23.8 Å². The topological polar surface area (TPSA) is 113 Å². The highest BCUT2D eigenvalue weighted by Crippen LogP contribution is 2.51. The molecule has 1 aromatic carbocycles. The molecular formula is C24H24F2N4O4. The Morgan fingerprint density at radius 1 is 1.29 bits per heavy atom. The Hall–Kier alpha value is -3.37. The lowest BCUT2D eigenvalue weighted by molar-refractivity contribution is -0.169. The van der Waals surface area contributed by atoms with Crippen LogP contribution in [-0.2, 0) is 14.9 Å². The lowest BCUT2D eigenvalue weighted by Crippen LogP contribution is -2.49. The molecule has 1 saturated carbocycles. The number of aliphatic hydroxyl groups is 1. The monoisotopic (exact) mass is 470 g/mol. The molecule has 5 rings (SSSR count). The number of hydrogen-bond acceptors (Lipinski definition) is 5. The predicted octanol–water partition coefficient (Wildman–Crippen LogP) is 3.80. The highest BCUT2D eigenvalue weighted by atomic mass is 19.2. The van der Waals surface area contributed by atoms with Crippen molar-refractivity contribution in [3.63, 3.8) is 0 Å². The Bertz CT molecular complexity index is 1440. The molecule has 0 aliphatic heterocycles. The molecule has 1 aliphatic rings. The van der Waals surface area contributed by atoms with Gasteiger partial charge in [0, 0.05) is 40.9 Å². The molecule has 0 unspecified atom stereocenters. The minimum Gasteiger partial charge on any atom is -0.479 e. The van der Waals surface area contributed by atoms with Gasteiger partial charge in [-0.2, -0.15) is 5.10 Å². The maximum Gasteiger partial charge on any atom is 0.335 e. The standard InChI is InChI=1S/C24H24F2N4O4/c1-23(2,11-34-3)20-18(13-8-24(33,9-13)22(31)32)19-17(6-12-10-27-29-21(12)28-19)30(20)14-4-5-15(25)16(26)7-14/h4-7,10,13,33H,8-9,11H2,1-3H3,(H,31,32)(H,27,28,29)/t13-,24+.